The van der Waals surface area contributed by atoms with Crippen LogP contribution in [0.25, 0.3) is 0 Å². The molecule has 0 aromatic carbocycles. The summed E-state index contributed by atoms with van der Waals surface area (Å²) >= 11 is 0. The Morgan fingerprint density at radius 2 is 2.17 bits per heavy atom. The number of anilines is 1. The summed E-state index contributed by atoms with van der Waals surface area (Å²) in [5.74, 6) is -0.324. The van der Waals surface area contributed by atoms with Crippen molar-refractivity contribution < 1.29 is 4.79 Å². The fraction of sp³-hybridized carbons (Fsp3) is 0.0769. The molecule has 0 bridgehead atoms. The van der Waals surface area contributed by atoms with E-state index in [0.717, 1.165) is 5.69 Å². The molecule has 5 heteroatoms. The van der Waals surface area contributed by atoms with Gasteiger partial charge in [0.25, 0.3) is 5.91 Å². The number of pyridine rings is 2. The van der Waals surface area contributed by atoms with E-state index in [1.165, 1.54) is 12.3 Å². The number of carbonyl (C=O) groups is 1. The second-order valence-corrected chi connectivity index (χ2v) is 3.63. The zero-order chi connectivity index (χ0) is 13.0. The maximum atomic E-state index is 11.9. The highest BCUT2D eigenvalue weighted by atomic mass is 16.1. The van der Waals surface area contributed by atoms with E-state index in [1.807, 2.05) is 13.0 Å². The molecule has 1 amide bonds. The molecular weight excluding hydrogens is 228 g/mol. The minimum Gasteiger partial charge on any atom is -0.319 e. The van der Waals surface area contributed by atoms with Crippen LogP contribution in [-0.2, 0) is 0 Å². The Kier molecular flexibility index (Phi) is 3.30. The summed E-state index contributed by atoms with van der Waals surface area (Å²) in [6.45, 7) is 1.81. The van der Waals surface area contributed by atoms with Crippen molar-refractivity contribution in [3.8, 4) is 6.07 Å². The van der Waals surface area contributed by atoms with Crippen molar-refractivity contribution in [3.05, 3.63) is 53.6 Å². The van der Waals surface area contributed by atoms with E-state index in [1.54, 1.807) is 24.4 Å². The highest BCUT2D eigenvalue weighted by molar-refractivity contribution is 6.03. The van der Waals surface area contributed by atoms with E-state index in [2.05, 4.69) is 15.3 Å². The van der Waals surface area contributed by atoms with Gasteiger partial charge in [0.2, 0.25) is 0 Å². The monoisotopic (exact) mass is 238 g/mol. The highest BCUT2D eigenvalue weighted by Crippen LogP contribution is 2.11. The van der Waals surface area contributed by atoms with E-state index >= 15 is 0 Å². The summed E-state index contributed by atoms with van der Waals surface area (Å²) in [6, 6.07) is 8.53. The number of carbonyl (C=O) groups excluding carboxylic acids is 1. The predicted octanol–water partition coefficient (Wildman–Crippen LogP) is 1.91. The normalized spacial score (nSPS) is 9.56. The van der Waals surface area contributed by atoms with Crippen LogP contribution in [0.5, 0.6) is 0 Å². The van der Waals surface area contributed by atoms with Crippen molar-refractivity contribution in [2.75, 3.05) is 5.32 Å². The van der Waals surface area contributed by atoms with Crippen molar-refractivity contribution in [1.82, 2.24) is 9.97 Å². The van der Waals surface area contributed by atoms with Crippen LogP contribution in [0.4, 0.5) is 5.69 Å². The molecule has 18 heavy (non-hydrogen) atoms. The number of rotatable bonds is 2. The van der Waals surface area contributed by atoms with Crippen LogP contribution in [0.3, 0.4) is 0 Å². The number of aromatic nitrogens is 2. The van der Waals surface area contributed by atoms with Gasteiger partial charge in [-0.2, -0.15) is 5.26 Å². The zero-order valence-electron chi connectivity index (χ0n) is 9.71. The van der Waals surface area contributed by atoms with Crippen molar-refractivity contribution in [2.45, 2.75) is 6.92 Å². The first-order valence-electron chi connectivity index (χ1n) is 5.30. The average Bonchev–Trinajstić information content (AvgIpc) is 2.41. The van der Waals surface area contributed by atoms with Gasteiger partial charge in [-0.25, -0.2) is 4.98 Å². The third-order valence-corrected chi connectivity index (χ3v) is 2.38. The van der Waals surface area contributed by atoms with Gasteiger partial charge in [-0.05, 0) is 31.2 Å². The molecule has 0 spiro atoms. The lowest BCUT2D eigenvalue weighted by Gasteiger charge is -2.06. The van der Waals surface area contributed by atoms with E-state index in [-0.39, 0.29) is 11.6 Å². The van der Waals surface area contributed by atoms with Gasteiger partial charge >= 0.3 is 0 Å². The third kappa shape index (κ3) is 2.50. The summed E-state index contributed by atoms with van der Waals surface area (Å²) in [6.07, 6.45) is 3.02. The van der Waals surface area contributed by atoms with Gasteiger partial charge in [0.05, 0.1) is 16.9 Å². The van der Waals surface area contributed by atoms with Gasteiger partial charge in [-0.15, -0.1) is 0 Å². The lowest BCUT2D eigenvalue weighted by molar-refractivity contribution is 0.102. The number of nitrogens with one attached hydrogen (secondary N) is 1. The quantitative estimate of drug-likeness (QED) is 0.866. The topological polar surface area (TPSA) is 78.7 Å². The van der Waals surface area contributed by atoms with E-state index in [9.17, 15) is 4.79 Å². The molecule has 0 fully saturated rings. The van der Waals surface area contributed by atoms with Gasteiger partial charge in [0.1, 0.15) is 11.8 Å². The molecule has 0 aliphatic heterocycles. The van der Waals surface area contributed by atoms with Crippen LogP contribution in [-0.4, -0.2) is 15.9 Å². The summed E-state index contributed by atoms with van der Waals surface area (Å²) in [5.41, 5.74) is 2.06. The number of aryl methyl sites for hydroxylation is 1. The molecule has 1 N–H and O–H groups in total. The number of hydrogen-bond acceptors (Lipinski definition) is 4. The Hall–Kier alpha value is -2.74. The standard InChI is InChI=1S/C13H10N4O/c1-9-11(3-2-6-15-9)17-13(18)12-5-4-10(7-14)8-16-12/h2-6,8H,1H3,(H,17,18). The molecule has 0 aliphatic carbocycles. The zero-order valence-corrected chi connectivity index (χ0v) is 9.71. The van der Waals surface area contributed by atoms with Gasteiger partial charge in [-0.1, -0.05) is 0 Å². The molecule has 0 aliphatic rings. The smallest absolute Gasteiger partial charge is 0.274 e. The summed E-state index contributed by atoms with van der Waals surface area (Å²) < 4.78 is 0. The molecule has 88 valence electrons. The van der Waals surface area contributed by atoms with Crippen LogP contribution in [0.1, 0.15) is 21.7 Å². The second-order valence-electron chi connectivity index (χ2n) is 3.63. The van der Waals surface area contributed by atoms with Crippen LogP contribution in [0, 0.1) is 18.3 Å². The van der Waals surface area contributed by atoms with Crippen molar-refractivity contribution in [2.24, 2.45) is 0 Å². The Morgan fingerprint density at radius 1 is 1.33 bits per heavy atom. The van der Waals surface area contributed by atoms with Crippen molar-refractivity contribution in [3.63, 3.8) is 0 Å². The predicted molar refractivity (Wildman–Crippen MR) is 65.9 cm³/mol. The Labute approximate surface area is 104 Å². The summed E-state index contributed by atoms with van der Waals surface area (Å²) in [4.78, 5) is 19.9. The van der Waals surface area contributed by atoms with Crippen LogP contribution >= 0.6 is 0 Å². The highest BCUT2D eigenvalue weighted by Gasteiger charge is 2.09. The van der Waals surface area contributed by atoms with Gasteiger partial charge < -0.3 is 5.32 Å². The average molecular weight is 238 g/mol. The molecule has 0 atom stereocenters. The SMILES string of the molecule is Cc1ncccc1NC(=O)c1ccc(C#N)cn1. The number of hydrogen-bond donors (Lipinski definition) is 1. The van der Waals surface area contributed by atoms with Gasteiger partial charge in [0, 0.05) is 12.4 Å². The fourth-order valence-corrected chi connectivity index (χ4v) is 1.40. The number of amides is 1. The Bertz CT molecular complexity index is 614. The van der Waals surface area contributed by atoms with Crippen LogP contribution in [0.15, 0.2) is 36.7 Å². The van der Waals surface area contributed by atoms with Crippen LogP contribution in [0.2, 0.25) is 0 Å². The molecule has 0 unspecified atom stereocenters. The van der Waals surface area contributed by atoms with Crippen LogP contribution < -0.4 is 5.32 Å². The lowest BCUT2D eigenvalue weighted by Crippen LogP contribution is -2.14. The molecule has 0 radical (unpaired) electrons. The lowest BCUT2D eigenvalue weighted by atomic mass is 10.2. The Balaban J connectivity index is 2.17. The van der Waals surface area contributed by atoms with Crippen molar-refractivity contribution in [1.29, 1.82) is 5.26 Å². The summed E-state index contributed by atoms with van der Waals surface area (Å²) in [5, 5.41) is 11.4. The maximum absolute atomic E-state index is 11.9. The first-order chi connectivity index (χ1) is 8.70. The van der Waals surface area contributed by atoms with Gasteiger partial charge in [0.15, 0.2) is 0 Å². The Morgan fingerprint density at radius 3 is 2.78 bits per heavy atom. The third-order valence-electron chi connectivity index (χ3n) is 2.38. The molecule has 2 rings (SSSR count). The first kappa shape index (κ1) is 11.7. The number of nitrogens with zero attached hydrogens (tertiary/aromatic N) is 3. The number of nitriles is 1. The van der Waals surface area contributed by atoms with E-state index in [4.69, 9.17) is 5.26 Å². The summed E-state index contributed by atoms with van der Waals surface area (Å²) in [7, 11) is 0. The second kappa shape index (κ2) is 5.06. The minimum atomic E-state index is -0.324. The maximum Gasteiger partial charge on any atom is 0.274 e. The largest absolute Gasteiger partial charge is 0.319 e. The molecule has 0 saturated heterocycles. The molecule has 0 saturated carbocycles. The van der Waals surface area contributed by atoms with Gasteiger partial charge in [-0.3, -0.25) is 9.78 Å². The molecule has 2 heterocycles. The molecule has 2 aromatic rings. The molecule has 5 nitrogen and oxygen atoms in total. The molecular formula is C13H10N4O. The van der Waals surface area contributed by atoms with Crippen molar-refractivity contribution >= 4 is 11.6 Å². The molecule has 2 aromatic heterocycles. The fourth-order valence-electron chi connectivity index (χ4n) is 1.40. The van der Waals surface area contributed by atoms with E-state index in [0.29, 0.717) is 11.3 Å². The minimum absolute atomic E-state index is 0.261. The van der Waals surface area contributed by atoms with E-state index < -0.39 is 0 Å². The first-order valence-corrected chi connectivity index (χ1v) is 5.30.